The van der Waals surface area contributed by atoms with Crippen LogP contribution in [0.5, 0.6) is 0 Å². The molecule has 110 valence electrons. The quantitative estimate of drug-likeness (QED) is 0.478. The molecule has 0 unspecified atom stereocenters. The molecule has 2 nitrogen and oxygen atoms in total. The summed E-state index contributed by atoms with van der Waals surface area (Å²) in [6, 6.07) is 3.29. The van der Waals surface area contributed by atoms with Crippen molar-refractivity contribution in [2.24, 2.45) is 0 Å². The van der Waals surface area contributed by atoms with Gasteiger partial charge >= 0.3 is 0 Å². The monoisotopic (exact) mass is 358 g/mol. The summed E-state index contributed by atoms with van der Waals surface area (Å²) in [4.78, 5) is 3.07. The summed E-state index contributed by atoms with van der Waals surface area (Å²) < 4.78 is 16.7. The van der Waals surface area contributed by atoms with Gasteiger partial charge in [0.15, 0.2) is 4.77 Å². The number of unbranched alkanes of at least 4 members (excludes halogenated alkanes) is 5. The van der Waals surface area contributed by atoms with Crippen molar-refractivity contribution in [1.29, 1.82) is 0 Å². The number of aromatic nitrogens is 2. The number of halogens is 2. The Hall–Kier alpha value is -0.680. The molecule has 0 aliphatic rings. The first-order valence-corrected chi connectivity index (χ1v) is 8.41. The molecule has 0 bridgehead atoms. The molecule has 1 aromatic heterocycles. The first-order chi connectivity index (χ1) is 9.63. The number of nitrogens with zero attached hydrogens (tertiary/aromatic N) is 1. The zero-order chi connectivity index (χ0) is 14.5. The van der Waals surface area contributed by atoms with Crippen molar-refractivity contribution in [2.45, 2.75) is 52.0 Å². The van der Waals surface area contributed by atoms with Crippen LogP contribution in [0.25, 0.3) is 11.0 Å². The van der Waals surface area contributed by atoms with Crippen molar-refractivity contribution in [1.82, 2.24) is 9.55 Å². The van der Waals surface area contributed by atoms with Crippen molar-refractivity contribution >= 4 is 39.2 Å². The molecule has 0 amide bonds. The second-order valence-corrected chi connectivity index (χ2v) is 6.37. The third-order valence-electron chi connectivity index (χ3n) is 3.55. The van der Waals surface area contributed by atoms with Gasteiger partial charge in [-0.05, 0) is 40.6 Å². The Balaban J connectivity index is 2.04. The smallest absolute Gasteiger partial charge is 0.178 e. The van der Waals surface area contributed by atoms with Crippen LogP contribution in [0.3, 0.4) is 0 Å². The fourth-order valence-electron chi connectivity index (χ4n) is 2.42. The average molecular weight is 359 g/mol. The number of H-pyrrole nitrogens is 1. The maximum atomic E-state index is 13.5. The molecular formula is C15H20BrFN2S. The van der Waals surface area contributed by atoms with Crippen molar-refractivity contribution in [3.05, 3.63) is 27.2 Å². The standard InChI is InChI=1S/C15H20BrFN2S/c1-2-3-4-5-6-7-8-19-14-9-11(16)12(17)10-13(14)18-15(19)20/h9-10H,2-8H2,1H3,(H,18,20). The van der Waals surface area contributed by atoms with E-state index >= 15 is 0 Å². The van der Waals surface area contributed by atoms with Gasteiger partial charge in [-0.1, -0.05) is 39.0 Å². The molecule has 20 heavy (non-hydrogen) atoms. The lowest BCUT2D eigenvalue weighted by atomic mass is 10.1. The lowest BCUT2D eigenvalue weighted by Gasteiger charge is -2.05. The van der Waals surface area contributed by atoms with E-state index in [9.17, 15) is 4.39 Å². The van der Waals surface area contributed by atoms with Crippen LogP contribution in [0.15, 0.2) is 16.6 Å². The van der Waals surface area contributed by atoms with Gasteiger partial charge in [0.05, 0.1) is 15.5 Å². The number of fused-ring (bicyclic) bond motifs is 1. The highest BCUT2D eigenvalue weighted by Gasteiger charge is 2.08. The van der Waals surface area contributed by atoms with E-state index in [0.29, 0.717) is 9.24 Å². The van der Waals surface area contributed by atoms with Crippen LogP contribution < -0.4 is 0 Å². The van der Waals surface area contributed by atoms with Gasteiger partial charge in [-0.2, -0.15) is 0 Å². The molecule has 0 aliphatic heterocycles. The van der Waals surface area contributed by atoms with Gasteiger partial charge in [0, 0.05) is 12.6 Å². The second-order valence-electron chi connectivity index (χ2n) is 5.13. The summed E-state index contributed by atoms with van der Waals surface area (Å²) >= 11 is 8.56. The summed E-state index contributed by atoms with van der Waals surface area (Å²) in [5.41, 5.74) is 1.73. The van der Waals surface area contributed by atoms with Crippen molar-refractivity contribution in [2.75, 3.05) is 0 Å². The molecule has 0 aliphatic carbocycles. The van der Waals surface area contributed by atoms with Crippen LogP contribution in [0.2, 0.25) is 0 Å². The Bertz CT molecular complexity index is 633. The minimum absolute atomic E-state index is 0.263. The van der Waals surface area contributed by atoms with E-state index in [0.717, 1.165) is 24.0 Å². The minimum Gasteiger partial charge on any atom is -0.330 e. The Kier molecular flexibility index (Phi) is 5.78. The molecule has 0 saturated heterocycles. The summed E-state index contributed by atoms with van der Waals surface area (Å²) in [7, 11) is 0. The third kappa shape index (κ3) is 3.70. The molecule has 2 rings (SSSR count). The Morgan fingerprint density at radius 1 is 1.20 bits per heavy atom. The number of nitrogens with one attached hydrogen (secondary N) is 1. The van der Waals surface area contributed by atoms with E-state index in [-0.39, 0.29) is 5.82 Å². The number of aromatic amines is 1. The first kappa shape index (κ1) is 15.7. The maximum Gasteiger partial charge on any atom is 0.178 e. The normalized spacial score (nSPS) is 11.3. The van der Waals surface area contributed by atoms with E-state index in [2.05, 4.69) is 32.4 Å². The molecule has 0 spiro atoms. The molecule has 0 fully saturated rings. The molecule has 1 aromatic carbocycles. The van der Waals surface area contributed by atoms with Gasteiger partial charge in [0.1, 0.15) is 5.82 Å². The number of rotatable bonds is 7. The maximum absolute atomic E-state index is 13.5. The molecule has 1 N–H and O–H groups in total. The van der Waals surface area contributed by atoms with Gasteiger partial charge in [0.25, 0.3) is 0 Å². The predicted octanol–water partition coefficient (Wildman–Crippen LogP) is 5.96. The lowest BCUT2D eigenvalue weighted by molar-refractivity contribution is 0.561. The van der Waals surface area contributed by atoms with E-state index in [1.54, 1.807) is 6.07 Å². The summed E-state index contributed by atoms with van der Waals surface area (Å²) in [6.07, 6.45) is 7.51. The lowest BCUT2D eigenvalue weighted by Crippen LogP contribution is -1.98. The van der Waals surface area contributed by atoms with Crippen LogP contribution >= 0.6 is 28.1 Å². The molecule has 0 saturated carbocycles. The third-order valence-corrected chi connectivity index (χ3v) is 4.48. The largest absolute Gasteiger partial charge is 0.330 e. The topological polar surface area (TPSA) is 20.7 Å². The highest BCUT2D eigenvalue weighted by Crippen LogP contribution is 2.23. The van der Waals surface area contributed by atoms with Crippen LogP contribution in [0.1, 0.15) is 45.4 Å². The van der Waals surface area contributed by atoms with Gasteiger partial charge in [-0.15, -0.1) is 0 Å². The summed E-state index contributed by atoms with van der Waals surface area (Å²) in [5.74, 6) is -0.263. The second kappa shape index (κ2) is 7.36. The molecule has 5 heteroatoms. The van der Waals surface area contributed by atoms with Gasteiger partial charge in [-0.3, -0.25) is 0 Å². The highest BCUT2D eigenvalue weighted by atomic mass is 79.9. The summed E-state index contributed by atoms with van der Waals surface area (Å²) in [6.45, 7) is 3.12. The van der Waals surface area contributed by atoms with Gasteiger partial charge in [-0.25, -0.2) is 4.39 Å². The van der Waals surface area contributed by atoms with Crippen molar-refractivity contribution in [3.8, 4) is 0 Å². The molecular weight excluding hydrogens is 339 g/mol. The number of hydrogen-bond acceptors (Lipinski definition) is 1. The van der Waals surface area contributed by atoms with E-state index in [4.69, 9.17) is 12.2 Å². The van der Waals surface area contributed by atoms with E-state index in [1.165, 1.54) is 38.2 Å². The highest BCUT2D eigenvalue weighted by molar-refractivity contribution is 9.10. The fourth-order valence-corrected chi connectivity index (χ4v) is 3.05. The Morgan fingerprint density at radius 2 is 1.90 bits per heavy atom. The molecule has 0 radical (unpaired) electrons. The average Bonchev–Trinajstić information content (AvgIpc) is 2.70. The van der Waals surface area contributed by atoms with E-state index in [1.807, 2.05) is 0 Å². The summed E-state index contributed by atoms with van der Waals surface area (Å²) in [5, 5.41) is 0. The van der Waals surface area contributed by atoms with Gasteiger partial charge in [0.2, 0.25) is 0 Å². The van der Waals surface area contributed by atoms with Crippen molar-refractivity contribution < 1.29 is 4.39 Å². The van der Waals surface area contributed by atoms with E-state index < -0.39 is 0 Å². The number of imidazole rings is 1. The zero-order valence-electron chi connectivity index (χ0n) is 11.7. The Labute approximate surface area is 132 Å². The van der Waals surface area contributed by atoms with Crippen LogP contribution in [-0.4, -0.2) is 9.55 Å². The predicted molar refractivity (Wildman–Crippen MR) is 88.2 cm³/mol. The minimum atomic E-state index is -0.263. The zero-order valence-corrected chi connectivity index (χ0v) is 14.1. The number of benzene rings is 1. The Morgan fingerprint density at radius 3 is 2.65 bits per heavy atom. The van der Waals surface area contributed by atoms with Crippen LogP contribution in [0, 0.1) is 10.6 Å². The number of aryl methyl sites for hydroxylation is 1. The SMILES string of the molecule is CCCCCCCCn1c(=S)[nH]c2cc(F)c(Br)cc21. The molecule has 2 aromatic rings. The van der Waals surface area contributed by atoms with Crippen molar-refractivity contribution in [3.63, 3.8) is 0 Å². The fraction of sp³-hybridized carbons (Fsp3) is 0.533. The van der Waals surface area contributed by atoms with Crippen LogP contribution in [-0.2, 0) is 6.54 Å². The molecule has 0 atom stereocenters. The molecule has 1 heterocycles. The first-order valence-electron chi connectivity index (χ1n) is 7.21. The van der Waals surface area contributed by atoms with Crippen LogP contribution in [0.4, 0.5) is 4.39 Å². The number of hydrogen-bond donors (Lipinski definition) is 1. The van der Waals surface area contributed by atoms with Gasteiger partial charge < -0.3 is 9.55 Å².